The second-order valence-electron chi connectivity index (χ2n) is 4.87. The lowest BCUT2D eigenvalue weighted by Crippen LogP contribution is -2.53. The van der Waals surface area contributed by atoms with Crippen molar-refractivity contribution >= 4 is 11.7 Å². The summed E-state index contributed by atoms with van der Waals surface area (Å²) in [5.74, 6) is -0.0288. The molecule has 0 aromatic rings. The number of amidine groups is 1. The lowest BCUT2D eigenvalue weighted by atomic mass is 9.79. The van der Waals surface area contributed by atoms with E-state index in [4.69, 9.17) is 10.9 Å². The highest BCUT2D eigenvalue weighted by Gasteiger charge is 2.42. The largest absolute Gasteiger partial charge is 0.409 e. The van der Waals surface area contributed by atoms with Crippen molar-refractivity contribution in [3.8, 4) is 0 Å². The van der Waals surface area contributed by atoms with E-state index in [0.29, 0.717) is 19.4 Å². The van der Waals surface area contributed by atoms with Gasteiger partial charge in [-0.25, -0.2) is 0 Å². The molecule has 0 fully saturated rings. The topological polar surface area (TPSA) is 78.9 Å². The van der Waals surface area contributed by atoms with Crippen LogP contribution in [0, 0.1) is 5.41 Å². The number of oxime groups is 1. The Morgan fingerprint density at radius 1 is 1.33 bits per heavy atom. The normalized spacial score (nSPS) is 12.9. The van der Waals surface area contributed by atoms with E-state index in [0.717, 1.165) is 6.42 Å². The zero-order valence-corrected chi connectivity index (χ0v) is 12.2. The maximum absolute atomic E-state index is 12.7. The lowest BCUT2D eigenvalue weighted by Gasteiger charge is -2.37. The lowest BCUT2D eigenvalue weighted by molar-refractivity contribution is -0.140. The SMILES string of the molecule is CCCN(C(=O)C(CC)(CC)C(N)=NO)C(C)C. The van der Waals surface area contributed by atoms with Crippen LogP contribution in [-0.2, 0) is 4.79 Å². The molecule has 5 nitrogen and oxygen atoms in total. The fourth-order valence-corrected chi connectivity index (χ4v) is 2.23. The molecule has 0 saturated heterocycles. The minimum Gasteiger partial charge on any atom is -0.409 e. The van der Waals surface area contributed by atoms with Crippen molar-refractivity contribution in [2.45, 2.75) is 59.9 Å². The van der Waals surface area contributed by atoms with Crippen LogP contribution in [0.25, 0.3) is 0 Å². The van der Waals surface area contributed by atoms with Crippen LogP contribution in [0.15, 0.2) is 5.16 Å². The second kappa shape index (κ2) is 7.24. The zero-order chi connectivity index (χ0) is 14.3. The smallest absolute Gasteiger partial charge is 0.236 e. The third-order valence-corrected chi connectivity index (χ3v) is 3.56. The minimum atomic E-state index is -0.881. The summed E-state index contributed by atoms with van der Waals surface area (Å²) in [6.45, 7) is 10.5. The Morgan fingerprint density at radius 3 is 2.11 bits per heavy atom. The first-order valence-corrected chi connectivity index (χ1v) is 6.70. The molecule has 0 heterocycles. The number of carbonyl (C=O) groups is 1. The van der Waals surface area contributed by atoms with E-state index in [1.54, 1.807) is 0 Å². The quantitative estimate of drug-likeness (QED) is 0.317. The van der Waals surface area contributed by atoms with E-state index < -0.39 is 5.41 Å². The van der Waals surface area contributed by atoms with E-state index in [9.17, 15) is 4.79 Å². The van der Waals surface area contributed by atoms with Crippen LogP contribution in [0.2, 0.25) is 0 Å². The molecule has 0 unspecified atom stereocenters. The van der Waals surface area contributed by atoms with Crippen molar-refractivity contribution in [1.29, 1.82) is 0 Å². The summed E-state index contributed by atoms with van der Waals surface area (Å²) in [5, 5.41) is 12.0. The van der Waals surface area contributed by atoms with Crippen molar-refractivity contribution in [3.05, 3.63) is 0 Å². The summed E-state index contributed by atoms with van der Waals surface area (Å²) in [5.41, 5.74) is 4.88. The minimum absolute atomic E-state index is 0.0132. The molecule has 0 aromatic heterocycles. The van der Waals surface area contributed by atoms with Gasteiger partial charge < -0.3 is 15.8 Å². The Bertz CT molecular complexity index is 297. The molecule has 0 spiro atoms. The van der Waals surface area contributed by atoms with E-state index in [1.807, 2.05) is 39.5 Å². The molecule has 106 valence electrons. The van der Waals surface area contributed by atoms with Gasteiger partial charge in [0.25, 0.3) is 0 Å². The predicted molar refractivity (Wildman–Crippen MR) is 73.6 cm³/mol. The van der Waals surface area contributed by atoms with E-state index in [2.05, 4.69) is 5.16 Å². The molecule has 5 heteroatoms. The summed E-state index contributed by atoms with van der Waals surface area (Å²) in [6, 6.07) is 0.112. The molecule has 0 aliphatic rings. The average molecular weight is 257 g/mol. The molecule has 0 aliphatic heterocycles. The maximum atomic E-state index is 12.7. The van der Waals surface area contributed by atoms with E-state index in [1.165, 1.54) is 0 Å². The molecule has 0 atom stereocenters. The highest BCUT2D eigenvalue weighted by atomic mass is 16.4. The number of nitrogens with two attached hydrogens (primary N) is 1. The van der Waals surface area contributed by atoms with Crippen LogP contribution < -0.4 is 5.73 Å². The van der Waals surface area contributed by atoms with Gasteiger partial charge in [-0.2, -0.15) is 0 Å². The molecule has 0 radical (unpaired) electrons. The zero-order valence-electron chi connectivity index (χ0n) is 12.2. The molecule has 3 N–H and O–H groups in total. The summed E-state index contributed by atoms with van der Waals surface area (Å²) >= 11 is 0. The molecule has 1 amide bonds. The number of hydrogen-bond acceptors (Lipinski definition) is 3. The fourth-order valence-electron chi connectivity index (χ4n) is 2.23. The van der Waals surface area contributed by atoms with Gasteiger partial charge in [-0.1, -0.05) is 25.9 Å². The molecule has 0 bridgehead atoms. The van der Waals surface area contributed by atoms with Gasteiger partial charge in [0.15, 0.2) is 5.84 Å². The molecule has 0 aliphatic carbocycles. The van der Waals surface area contributed by atoms with Gasteiger partial charge in [0.1, 0.15) is 5.41 Å². The number of carbonyl (C=O) groups excluding carboxylic acids is 1. The first-order chi connectivity index (χ1) is 8.41. The third-order valence-electron chi connectivity index (χ3n) is 3.56. The summed E-state index contributed by atoms with van der Waals surface area (Å²) < 4.78 is 0. The predicted octanol–water partition coefficient (Wildman–Crippen LogP) is 2.19. The first-order valence-electron chi connectivity index (χ1n) is 6.70. The Labute approximate surface area is 110 Å². The van der Waals surface area contributed by atoms with Gasteiger partial charge in [-0.05, 0) is 33.1 Å². The van der Waals surface area contributed by atoms with Crippen molar-refractivity contribution < 1.29 is 10.0 Å². The van der Waals surface area contributed by atoms with Crippen LogP contribution in [0.1, 0.15) is 53.9 Å². The summed E-state index contributed by atoms with van der Waals surface area (Å²) in [7, 11) is 0. The number of nitrogens with zero attached hydrogens (tertiary/aromatic N) is 2. The van der Waals surface area contributed by atoms with Crippen molar-refractivity contribution in [3.63, 3.8) is 0 Å². The van der Waals surface area contributed by atoms with Gasteiger partial charge >= 0.3 is 0 Å². The number of amides is 1. The van der Waals surface area contributed by atoms with Crippen LogP contribution in [0.4, 0.5) is 0 Å². The monoisotopic (exact) mass is 257 g/mol. The van der Waals surface area contributed by atoms with Crippen LogP contribution in [0.5, 0.6) is 0 Å². The fraction of sp³-hybridized carbons (Fsp3) is 0.846. The third kappa shape index (κ3) is 3.15. The highest BCUT2D eigenvalue weighted by molar-refractivity contribution is 6.06. The van der Waals surface area contributed by atoms with Crippen molar-refractivity contribution in [2.75, 3.05) is 6.54 Å². The molecule has 0 saturated carbocycles. The van der Waals surface area contributed by atoms with Crippen LogP contribution in [-0.4, -0.2) is 34.4 Å². The van der Waals surface area contributed by atoms with Gasteiger partial charge in [0.05, 0.1) is 0 Å². The first kappa shape index (κ1) is 16.7. The number of rotatable bonds is 7. The van der Waals surface area contributed by atoms with Crippen LogP contribution in [0.3, 0.4) is 0 Å². The molecular weight excluding hydrogens is 230 g/mol. The Balaban J connectivity index is 5.42. The van der Waals surface area contributed by atoms with E-state index in [-0.39, 0.29) is 17.8 Å². The highest BCUT2D eigenvalue weighted by Crippen LogP contribution is 2.30. The van der Waals surface area contributed by atoms with Crippen molar-refractivity contribution in [2.24, 2.45) is 16.3 Å². The molecule has 18 heavy (non-hydrogen) atoms. The van der Waals surface area contributed by atoms with Gasteiger partial charge in [0, 0.05) is 12.6 Å². The molecule has 0 rings (SSSR count). The van der Waals surface area contributed by atoms with Gasteiger partial charge in [-0.3, -0.25) is 4.79 Å². The van der Waals surface area contributed by atoms with Crippen molar-refractivity contribution in [1.82, 2.24) is 4.90 Å². The van der Waals surface area contributed by atoms with Gasteiger partial charge in [-0.15, -0.1) is 0 Å². The Morgan fingerprint density at radius 2 is 1.83 bits per heavy atom. The van der Waals surface area contributed by atoms with E-state index >= 15 is 0 Å². The van der Waals surface area contributed by atoms with Crippen LogP contribution >= 0.6 is 0 Å². The molecular formula is C13H27N3O2. The standard InChI is InChI=1S/C13H27N3O2/c1-6-9-16(10(4)5)12(17)13(7-2,8-3)11(14)15-18/h10,18H,6-9H2,1-5H3,(H2,14,15). The second-order valence-corrected chi connectivity index (χ2v) is 4.87. The maximum Gasteiger partial charge on any atom is 0.236 e. The number of hydrogen-bond donors (Lipinski definition) is 2. The average Bonchev–Trinajstić information content (AvgIpc) is 2.36. The Kier molecular flexibility index (Phi) is 6.73. The summed E-state index contributed by atoms with van der Waals surface area (Å²) in [6.07, 6.45) is 1.96. The Hall–Kier alpha value is -1.26. The summed E-state index contributed by atoms with van der Waals surface area (Å²) in [4.78, 5) is 14.5. The molecule has 0 aromatic carbocycles. The van der Waals surface area contributed by atoms with Gasteiger partial charge in [0.2, 0.25) is 5.91 Å².